The first kappa shape index (κ1) is 13.9. The van der Waals surface area contributed by atoms with Gasteiger partial charge in [-0.1, -0.05) is 6.07 Å². The minimum absolute atomic E-state index is 0.0545. The lowest BCUT2D eigenvalue weighted by Gasteiger charge is -2.11. The van der Waals surface area contributed by atoms with Crippen LogP contribution in [0.1, 0.15) is 0 Å². The standard InChI is InChI=1S/C11H16N4O3/c1-14(2)7-6-12-11(16)13-9-4-3-5-10(8-9)15(17)18/h3-5,8H,6-7H2,1-2H3,(H2,12,13,16). The molecule has 0 bridgehead atoms. The number of hydrogen-bond donors (Lipinski definition) is 2. The number of urea groups is 1. The Hall–Kier alpha value is -2.15. The third-order valence-corrected chi connectivity index (χ3v) is 2.16. The summed E-state index contributed by atoms with van der Waals surface area (Å²) in [6.45, 7) is 1.23. The molecule has 0 unspecified atom stereocenters. The van der Waals surface area contributed by atoms with Crippen molar-refractivity contribution in [1.82, 2.24) is 10.2 Å². The number of likely N-dealkylation sites (N-methyl/N-ethyl adjacent to an activating group) is 1. The van der Waals surface area contributed by atoms with Crippen molar-refractivity contribution in [2.24, 2.45) is 0 Å². The largest absolute Gasteiger partial charge is 0.337 e. The minimum Gasteiger partial charge on any atom is -0.337 e. The lowest BCUT2D eigenvalue weighted by Crippen LogP contribution is -2.34. The Bertz CT molecular complexity index is 434. The first-order valence-electron chi connectivity index (χ1n) is 5.43. The first-order valence-corrected chi connectivity index (χ1v) is 5.43. The van der Waals surface area contributed by atoms with Gasteiger partial charge in [0, 0.05) is 30.9 Å². The molecule has 0 radical (unpaired) electrons. The van der Waals surface area contributed by atoms with Gasteiger partial charge < -0.3 is 15.5 Å². The molecule has 1 aromatic rings. The van der Waals surface area contributed by atoms with Crippen LogP contribution in [0.5, 0.6) is 0 Å². The van der Waals surface area contributed by atoms with E-state index in [0.29, 0.717) is 12.2 Å². The molecule has 0 heterocycles. The van der Waals surface area contributed by atoms with E-state index in [-0.39, 0.29) is 11.7 Å². The fraction of sp³-hybridized carbons (Fsp3) is 0.364. The fourth-order valence-corrected chi connectivity index (χ4v) is 1.27. The zero-order valence-electron chi connectivity index (χ0n) is 10.3. The summed E-state index contributed by atoms with van der Waals surface area (Å²) >= 11 is 0. The topological polar surface area (TPSA) is 87.5 Å². The van der Waals surface area contributed by atoms with Gasteiger partial charge in [-0.2, -0.15) is 0 Å². The van der Waals surface area contributed by atoms with Crippen LogP contribution in [0.2, 0.25) is 0 Å². The molecule has 1 aromatic carbocycles. The zero-order chi connectivity index (χ0) is 13.5. The van der Waals surface area contributed by atoms with E-state index in [1.807, 2.05) is 19.0 Å². The van der Waals surface area contributed by atoms with Crippen LogP contribution in [0.3, 0.4) is 0 Å². The molecule has 0 aromatic heterocycles. The normalized spacial score (nSPS) is 10.2. The minimum atomic E-state index is -0.505. The lowest BCUT2D eigenvalue weighted by molar-refractivity contribution is -0.384. The van der Waals surface area contributed by atoms with Crippen LogP contribution >= 0.6 is 0 Å². The fourth-order valence-electron chi connectivity index (χ4n) is 1.27. The number of non-ortho nitro benzene ring substituents is 1. The molecule has 0 aliphatic heterocycles. The third kappa shape index (κ3) is 4.79. The Morgan fingerprint density at radius 2 is 2.17 bits per heavy atom. The van der Waals surface area contributed by atoms with E-state index in [0.717, 1.165) is 6.54 Å². The molecule has 0 aliphatic rings. The van der Waals surface area contributed by atoms with Crippen LogP contribution in [0, 0.1) is 10.1 Å². The summed E-state index contributed by atoms with van der Waals surface area (Å²) in [6.07, 6.45) is 0. The molecule has 7 heteroatoms. The summed E-state index contributed by atoms with van der Waals surface area (Å²) in [6, 6.07) is 5.42. The molecule has 1 rings (SSSR count). The van der Waals surface area contributed by atoms with Crippen LogP contribution < -0.4 is 10.6 Å². The van der Waals surface area contributed by atoms with Crippen molar-refractivity contribution in [3.8, 4) is 0 Å². The van der Waals surface area contributed by atoms with E-state index in [9.17, 15) is 14.9 Å². The molecule has 0 spiro atoms. The maximum Gasteiger partial charge on any atom is 0.319 e. The van der Waals surface area contributed by atoms with Gasteiger partial charge in [0.1, 0.15) is 0 Å². The highest BCUT2D eigenvalue weighted by Gasteiger charge is 2.07. The van der Waals surface area contributed by atoms with Gasteiger partial charge in [0.15, 0.2) is 0 Å². The van der Waals surface area contributed by atoms with Gasteiger partial charge in [-0.3, -0.25) is 10.1 Å². The molecule has 7 nitrogen and oxygen atoms in total. The Kier molecular flexibility index (Phi) is 5.06. The van der Waals surface area contributed by atoms with Crippen molar-refractivity contribution in [3.63, 3.8) is 0 Å². The van der Waals surface area contributed by atoms with Gasteiger partial charge in [-0.05, 0) is 20.2 Å². The number of amides is 2. The SMILES string of the molecule is CN(C)CCNC(=O)Nc1cccc([N+](=O)[O-])c1. The van der Waals surface area contributed by atoms with E-state index in [1.165, 1.54) is 18.2 Å². The maximum absolute atomic E-state index is 11.5. The second-order valence-electron chi connectivity index (χ2n) is 3.99. The predicted molar refractivity (Wildman–Crippen MR) is 68.7 cm³/mol. The first-order chi connectivity index (χ1) is 8.49. The van der Waals surface area contributed by atoms with Crippen molar-refractivity contribution < 1.29 is 9.72 Å². The van der Waals surface area contributed by atoms with Crippen LogP contribution in [0.4, 0.5) is 16.2 Å². The van der Waals surface area contributed by atoms with Crippen LogP contribution in [-0.2, 0) is 0 Å². The molecule has 0 aliphatic carbocycles. The van der Waals surface area contributed by atoms with Crippen LogP contribution in [-0.4, -0.2) is 43.0 Å². The third-order valence-electron chi connectivity index (χ3n) is 2.16. The van der Waals surface area contributed by atoms with Gasteiger partial charge in [0.2, 0.25) is 0 Å². The highest BCUT2D eigenvalue weighted by Crippen LogP contribution is 2.16. The molecular formula is C11H16N4O3. The molecule has 98 valence electrons. The average molecular weight is 252 g/mol. The maximum atomic E-state index is 11.5. The molecule has 2 amide bonds. The van der Waals surface area contributed by atoms with E-state index >= 15 is 0 Å². The van der Waals surface area contributed by atoms with E-state index < -0.39 is 4.92 Å². The molecule has 0 saturated heterocycles. The Balaban J connectivity index is 2.49. The number of anilines is 1. The molecule has 0 saturated carbocycles. The number of nitrogens with one attached hydrogen (secondary N) is 2. The average Bonchev–Trinajstić information content (AvgIpc) is 2.28. The van der Waals surface area contributed by atoms with Crippen molar-refractivity contribution in [2.45, 2.75) is 0 Å². The number of nitro groups is 1. The lowest BCUT2D eigenvalue weighted by atomic mass is 10.3. The van der Waals surface area contributed by atoms with Gasteiger partial charge in [-0.15, -0.1) is 0 Å². The summed E-state index contributed by atoms with van der Waals surface area (Å²) < 4.78 is 0. The number of rotatable bonds is 5. The summed E-state index contributed by atoms with van der Waals surface area (Å²) in [5.41, 5.74) is 0.340. The van der Waals surface area contributed by atoms with Crippen molar-refractivity contribution in [2.75, 3.05) is 32.5 Å². The number of benzene rings is 1. The highest BCUT2D eigenvalue weighted by atomic mass is 16.6. The summed E-state index contributed by atoms with van der Waals surface area (Å²) in [4.78, 5) is 23.5. The number of nitro benzene ring substituents is 1. The number of carbonyl (C=O) groups is 1. The van der Waals surface area contributed by atoms with Crippen LogP contribution in [0.15, 0.2) is 24.3 Å². The number of hydrogen-bond acceptors (Lipinski definition) is 4. The Morgan fingerprint density at radius 1 is 1.44 bits per heavy atom. The molecular weight excluding hydrogens is 236 g/mol. The summed E-state index contributed by atoms with van der Waals surface area (Å²) in [7, 11) is 3.81. The summed E-state index contributed by atoms with van der Waals surface area (Å²) in [5, 5.41) is 15.7. The molecule has 0 atom stereocenters. The Morgan fingerprint density at radius 3 is 2.78 bits per heavy atom. The quantitative estimate of drug-likeness (QED) is 0.610. The second kappa shape index (κ2) is 6.55. The predicted octanol–water partition coefficient (Wildman–Crippen LogP) is 1.28. The molecule has 2 N–H and O–H groups in total. The van der Waals surface area contributed by atoms with Gasteiger partial charge in [0.25, 0.3) is 5.69 Å². The van der Waals surface area contributed by atoms with Crippen molar-refractivity contribution in [3.05, 3.63) is 34.4 Å². The second-order valence-corrected chi connectivity index (χ2v) is 3.99. The van der Waals surface area contributed by atoms with Crippen molar-refractivity contribution in [1.29, 1.82) is 0 Å². The number of carbonyl (C=O) groups excluding carboxylic acids is 1. The number of nitrogens with zero attached hydrogens (tertiary/aromatic N) is 2. The van der Waals surface area contributed by atoms with Gasteiger partial charge in [0.05, 0.1) is 4.92 Å². The zero-order valence-corrected chi connectivity index (χ0v) is 10.3. The van der Waals surface area contributed by atoms with E-state index in [1.54, 1.807) is 6.07 Å². The van der Waals surface area contributed by atoms with Crippen molar-refractivity contribution >= 4 is 17.4 Å². The van der Waals surface area contributed by atoms with E-state index in [4.69, 9.17) is 0 Å². The monoisotopic (exact) mass is 252 g/mol. The highest BCUT2D eigenvalue weighted by molar-refractivity contribution is 5.89. The van der Waals surface area contributed by atoms with Crippen LogP contribution in [0.25, 0.3) is 0 Å². The van der Waals surface area contributed by atoms with Gasteiger partial charge in [-0.25, -0.2) is 4.79 Å². The molecule has 0 fully saturated rings. The van der Waals surface area contributed by atoms with Gasteiger partial charge >= 0.3 is 6.03 Å². The summed E-state index contributed by atoms with van der Waals surface area (Å²) in [5.74, 6) is 0. The smallest absolute Gasteiger partial charge is 0.319 e. The molecule has 18 heavy (non-hydrogen) atoms. The van der Waals surface area contributed by atoms with E-state index in [2.05, 4.69) is 10.6 Å². The Labute approximate surface area is 105 Å².